The number of benzene rings is 1. The van der Waals surface area contributed by atoms with E-state index in [2.05, 4.69) is 9.97 Å². The van der Waals surface area contributed by atoms with E-state index in [-0.39, 0.29) is 18.7 Å². The summed E-state index contributed by atoms with van der Waals surface area (Å²) in [4.78, 5) is 18.2. The maximum Gasteiger partial charge on any atom is 0.251 e. The van der Waals surface area contributed by atoms with Crippen LogP contribution in [0.5, 0.6) is 5.75 Å². The van der Waals surface area contributed by atoms with E-state index in [9.17, 15) is 4.79 Å². The van der Waals surface area contributed by atoms with Crippen LogP contribution in [0.3, 0.4) is 0 Å². The molecule has 0 radical (unpaired) electrons. The highest BCUT2D eigenvalue weighted by molar-refractivity contribution is 6.32. The standard InChI is InChI=1S/C14H16ClN3O2/c1-8-3-11(4-9(2)14(8)15)20-7-12-17-10(6-16)5-13(19)18-12/h3-5H,6-7,16H2,1-2H3,(H,17,18,19). The van der Waals surface area contributed by atoms with E-state index in [1.807, 2.05) is 26.0 Å². The lowest BCUT2D eigenvalue weighted by Crippen LogP contribution is -2.16. The first-order valence-corrected chi connectivity index (χ1v) is 6.56. The Bertz CT molecular complexity index is 659. The van der Waals surface area contributed by atoms with Crippen LogP contribution in [0, 0.1) is 13.8 Å². The van der Waals surface area contributed by atoms with Crippen molar-refractivity contribution in [2.45, 2.75) is 27.0 Å². The average Bonchev–Trinajstić information content (AvgIpc) is 2.41. The summed E-state index contributed by atoms with van der Waals surface area (Å²) in [6.45, 7) is 4.22. The number of rotatable bonds is 4. The predicted molar refractivity (Wildman–Crippen MR) is 78.0 cm³/mol. The van der Waals surface area contributed by atoms with Crippen LogP contribution in [0.2, 0.25) is 5.02 Å². The third kappa shape index (κ3) is 3.37. The molecule has 0 atom stereocenters. The van der Waals surface area contributed by atoms with Gasteiger partial charge in [0, 0.05) is 17.6 Å². The Labute approximate surface area is 121 Å². The molecule has 0 saturated heterocycles. The number of aromatic amines is 1. The molecule has 1 aromatic heterocycles. The number of aryl methyl sites for hydroxylation is 2. The number of nitrogens with zero attached hydrogens (tertiary/aromatic N) is 1. The van der Waals surface area contributed by atoms with Gasteiger partial charge in [-0.3, -0.25) is 4.79 Å². The molecule has 0 aliphatic carbocycles. The van der Waals surface area contributed by atoms with Gasteiger partial charge >= 0.3 is 0 Å². The first kappa shape index (κ1) is 14.6. The summed E-state index contributed by atoms with van der Waals surface area (Å²) in [5, 5.41) is 0.731. The van der Waals surface area contributed by atoms with Gasteiger partial charge in [-0.2, -0.15) is 0 Å². The van der Waals surface area contributed by atoms with E-state index in [1.165, 1.54) is 6.07 Å². The molecule has 106 valence electrons. The van der Waals surface area contributed by atoms with Crippen molar-refractivity contribution in [2.24, 2.45) is 5.73 Å². The third-order valence-corrected chi connectivity index (χ3v) is 3.43. The molecule has 0 unspecified atom stereocenters. The van der Waals surface area contributed by atoms with Crippen molar-refractivity contribution in [1.29, 1.82) is 0 Å². The van der Waals surface area contributed by atoms with Crippen LogP contribution in [0.15, 0.2) is 23.0 Å². The summed E-state index contributed by atoms with van der Waals surface area (Å²) >= 11 is 6.10. The molecule has 6 heteroatoms. The summed E-state index contributed by atoms with van der Waals surface area (Å²) in [6.07, 6.45) is 0. The number of H-pyrrole nitrogens is 1. The summed E-state index contributed by atoms with van der Waals surface area (Å²) < 4.78 is 5.63. The molecule has 5 nitrogen and oxygen atoms in total. The van der Waals surface area contributed by atoms with Crippen LogP contribution in [0.4, 0.5) is 0 Å². The number of ether oxygens (including phenoxy) is 1. The van der Waals surface area contributed by atoms with E-state index >= 15 is 0 Å². The smallest absolute Gasteiger partial charge is 0.251 e. The molecule has 2 rings (SSSR count). The number of nitrogens with two attached hydrogens (primary N) is 1. The van der Waals surface area contributed by atoms with E-state index in [4.69, 9.17) is 22.1 Å². The van der Waals surface area contributed by atoms with Crippen molar-refractivity contribution < 1.29 is 4.74 Å². The number of hydrogen-bond donors (Lipinski definition) is 2. The zero-order valence-electron chi connectivity index (χ0n) is 11.4. The van der Waals surface area contributed by atoms with Gasteiger partial charge in [0.2, 0.25) is 0 Å². The molecule has 0 saturated carbocycles. The fourth-order valence-corrected chi connectivity index (χ4v) is 1.99. The monoisotopic (exact) mass is 293 g/mol. The van der Waals surface area contributed by atoms with Crippen LogP contribution in [-0.4, -0.2) is 9.97 Å². The van der Waals surface area contributed by atoms with Gasteiger partial charge < -0.3 is 15.5 Å². The minimum absolute atomic E-state index is 0.170. The second-order valence-electron chi connectivity index (χ2n) is 4.55. The SMILES string of the molecule is Cc1cc(OCc2nc(CN)cc(=O)[nH]2)cc(C)c1Cl. The molecule has 0 amide bonds. The zero-order chi connectivity index (χ0) is 14.7. The predicted octanol–water partition coefficient (Wildman–Crippen LogP) is 2.08. The van der Waals surface area contributed by atoms with Crippen molar-refractivity contribution in [3.63, 3.8) is 0 Å². The van der Waals surface area contributed by atoms with E-state index < -0.39 is 0 Å². The van der Waals surface area contributed by atoms with Crippen LogP contribution >= 0.6 is 11.6 Å². The van der Waals surface area contributed by atoms with Crippen molar-refractivity contribution >= 4 is 11.6 Å². The Morgan fingerprint density at radius 3 is 2.55 bits per heavy atom. The summed E-state index contributed by atoms with van der Waals surface area (Å²) in [6, 6.07) is 5.07. The van der Waals surface area contributed by atoms with E-state index in [1.54, 1.807) is 0 Å². The molecular formula is C14H16ClN3O2. The molecule has 20 heavy (non-hydrogen) atoms. The number of aromatic nitrogens is 2. The van der Waals surface area contributed by atoms with Gasteiger partial charge in [-0.15, -0.1) is 0 Å². The quantitative estimate of drug-likeness (QED) is 0.904. The van der Waals surface area contributed by atoms with Gasteiger partial charge in [-0.1, -0.05) is 11.6 Å². The normalized spacial score (nSPS) is 10.6. The van der Waals surface area contributed by atoms with Crippen LogP contribution in [-0.2, 0) is 13.2 Å². The molecule has 0 bridgehead atoms. The molecule has 0 spiro atoms. The second kappa shape index (κ2) is 6.07. The van der Waals surface area contributed by atoms with E-state index in [0.717, 1.165) is 16.1 Å². The van der Waals surface area contributed by atoms with Gasteiger partial charge in [0.25, 0.3) is 5.56 Å². The highest BCUT2D eigenvalue weighted by atomic mass is 35.5. The molecular weight excluding hydrogens is 278 g/mol. The Balaban J connectivity index is 2.16. The zero-order valence-corrected chi connectivity index (χ0v) is 12.1. The minimum atomic E-state index is -0.234. The highest BCUT2D eigenvalue weighted by Gasteiger charge is 2.05. The van der Waals surface area contributed by atoms with E-state index in [0.29, 0.717) is 17.3 Å². The summed E-state index contributed by atoms with van der Waals surface area (Å²) in [7, 11) is 0. The first-order valence-electron chi connectivity index (χ1n) is 6.18. The lowest BCUT2D eigenvalue weighted by Gasteiger charge is -2.10. The first-order chi connectivity index (χ1) is 9.49. The van der Waals surface area contributed by atoms with Crippen molar-refractivity contribution in [3.05, 3.63) is 56.2 Å². The van der Waals surface area contributed by atoms with Crippen molar-refractivity contribution in [2.75, 3.05) is 0 Å². The van der Waals surface area contributed by atoms with Gasteiger partial charge in [0.05, 0.1) is 5.69 Å². The Kier molecular flexibility index (Phi) is 4.42. The Morgan fingerprint density at radius 2 is 1.95 bits per heavy atom. The lowest BCUT2D eigenvalue weighted by molar-refractivity contribution is 0.294. The van der Waals surface area contributed by atoms with Gasteiger partial charge in [0.1, 0.15) is 18.2 Å². The maximum atomic E-state index is 11.4. The van der Waals surface area contributed by atoms with Crippen LogP contribution in [0.1, 0.15) is 22.6 Å². The Morgan fingerprint density at radius 1 is 1.30 bits per heavy atom. The fourth-order valence-electron chi connectivity index (χ4n) is 1.88. The largest absolute Gasteiger partial charge is 0.486 e. The van der Waals surface area contributed by atoms with Crippen LogP contribution in [0.25, 0.3) is 0 Å². The van der Waals surface area contributed by atoms with Gasteiger partial charge in [-0.05, 0) is 37.1 Å². The summed E-state index contributed by atoms with van der Waals surface area (Å²) in [5.74, 6) is 1.13. The molecule has 0 aliphatic heterocycles. The number of nitrogens with one attached hydrogen (secondary N) is 1. The van der Waals surface area contributed by atoms with Gasteiger partial charge in [0.15, 0.2) is 0 Å². The van der Waals surface area contributed by atoms with Crippen LogP contribution < -0.4 is 16.0 Å². The average molecular weight is 294 g/mol. The lowest BCUT2D eigenvalue weighted by atomic mass is 10.1. The molecule has 3 N–H and O–H groups in total. The topological polar surface area (TPSA) is 81.0 Å². The molecule has 2 aromatic rings. The second-order valence-corrected chi connectivity index (χ2v) is 4.93. The minimum Gasteiger partial charge on any atom is -0.486 e. The number of hydrogen-bond acceptors (Lipinski definition) is 4. The Hall–Kier alpha value is -1.85. The third-order valence-electron chi connectivity index (χ3n) is 2.84. The fraction of sp³-hybridized carbons (Fsp3) is 0.286. The molecule has 1 aromatic carbocycles. The highest BCUT2D eigenvalue weighted by Crippen LogP contribution is 2.26. The molecule has 0 fully saturated rings. The molecule has 0 aliphatic rings. The number of halogens is 1. The molecule has 1 heterocycles. The van der Waals surface area contributed by atoms with Crippen molar-refractivity contribution in [1.82, 2.24) is 9.97 Å². The van der Waals surface area contributed by atoms with Gasteiger partial charge in [-0.25, -0.2) is 4.98 Å². The summed E-state index contributed by atoms with van der Waals surface area (Å²) in [5.41, 5.74) is 7.67. The maximum absolute atomic E-state index is 11.4. The van der Waals surface area contributed by atoms with Crippen molar-refractivity contribution in [3.8, 4) is 5.75 Å².